The minimum absolute atomic E-state index is 0.235. The Kier molecular flexibility index (Phi) is 22.9. The molecule has 0 saturated carbocycles. The SMILES string of the molecule is CCCCCCCC/C=C\CCCCCC(CC(=O)OC1CN(C)C(C(O[C@@H]2O[C@H](CN)[C@@H](O)[C@H]2O)[C@H]2O[C@@H](n3ccc(=O)[nH]c3=O)[C@H](O)[C@@H]2O)C(=O)N(C)C1C(=O)O)OC(=O)CC(C)CC(=O)O. The minimum atomic E-state index is -1.95. The molecule has 6 unspecified atom stereocenters. The number of carboxylic acids is 2. The maximum atomic E-state index is 14.6. The van der Waals surface area contributed by atoms with Crippen LogP contribution in [0, 0.1) is 5.92 Å². The van der Waals surface area contributed by atoms with Crippen LogP contribution in [0.2, 0.25) is 0 Å². The summed E-state index contributed by atoms with van der Waals surface area (Å²) in [6, 6.07) is -2.57. The van der Waals surface area contributed by atoms with E-state index in [0.29, 0.717) is 6.42 Å². The molecule has 0 aromatic carbocycles. The largest absolute Gasteiger partial charge is 0.481 e. The number of carboxylic acid groups (broad SMARTS) is 2. The van der Waals surface area contributed by atoms with E-state index in [0.717, 1.165) is 60.9 Å². The molecule has 14 atom stereocenters. The third-order valence-electron chi connectivity index (χ3n) is 12.7. The van der Waals surface area contributed by atoms with Crippen molar-refractivity contribution in [3.8, 4) is 0 Å². The lowest BCUT2D eigenvalue weighted by molar-refractivity contribution is -0.233. The van der Waals surface area contributed by atoms with E-state index in [1.165, 1.54) is 44.1 Å². The van der Waals surface area contributed by atoms with Gasteiger partial charge in [0.15, 0.2) is 18.6 Å². The van der Waals surface area contributed by atoms with Gasteiger partial charge in [-0.05, 0) is 51.5 Å². The molecular weight excluding hydrogens is 911 g/mol. The second-order valence-corrected chi connectivity index (χ2v) is 18.4. The summed E-state index contributed by atoms with van der Waals surface area (Å²) in [7, 11) is 2.46. The van der Waals surface area contributed by atoms with Crippen LogP contribution in [0.4, 0.5) is 0 Å². The average molecular weight is 984 g/mol. The number of carbonyl (C=O) groups excluding carboxylic acids is 3. The highest BCUT2D eigenvalue weighted by Crippen LogP contribution is 2.36. The van der Waals surface area contributed by atoms with Gasteiger partial charge in [-0.25, -0.2) is 9.59 Å². The number of nitrogens with one attached hydrogen (secondary N) is 1. The van der Waals surface area contributed by atoms with Crippen molar-refractivity contribution in [1.29, 1.82) is 0 Å². The fraction of sp³-hybridized carbons (Fsp3) is 0.761. The van der Waals surface area contributed by atoms with Gasteiger partial charge in [-0.1, -0.05) is 64.5 Å². The number of likely N-dealkylation sites (N-methyl/N-ethyl adjacent to an activating group) is 2. The quantitative estimate of drug-likeness (QED) is 0.0315. The summed E-state index contributed by atoms with van der Waals surface area (Å²) in [5, 5.41) is 63.9. The topological polar surface area (TPSA) is 340 Å². The Hall–Kier alpha value is -4.59. The standard InChI is InChI=1S/C46H73N5O18/c1-5-6-7-8-9-10-11-12-13-14-15-16-17-18-27(65-32(55)22-26(2)21-31(53)54)23-33(56)66-29-25-49(3)35(42(61)50(4)34(29)44(62)63)40(69-45-39(60)36(57)28(24-47)67-45)41-37(58)38(59)43(68-41)51-20-19-30(52)48-46(51)64/h12-13,19-20,26-29,34-41,43,45,57-60H,5-11,14-18,21-25,47H2,1-4H3,(H,53,54)(H,62,63)(H,48,52,64)/b13-12-/t26?,27?,28-,29?,34?,35?,36-,37+,38-,39-,40?,41+,43-,45+/m1/s1. The lowest BCUT2D eigenvalue weighted by atomic mass is 9.97. The van der Waals surface area contributed by atoms with Crippen molar-refractivity contribution in [2.75, 3.05) is 27.2 Å². The minimum Gasteiger partial charge on any atom is -0.481 e. The number of aliphatic hydroxyl groups is 4. The summed E-state index contributed by atoms with van der Waals surface area (Å²) < 4.78 is 30.1. The number of aliphatic hydroxyl groups excluding tert-OH is 4. The van der Waals surface area contributed by atoms with Crippen LogP contribution in [-0.4, -0.2) is 180 Å². The number of hydrogen-bond acceptors (Lipinski definition) is 18. The molecule has 3 fully saturated rings. The Morgan fingerprint density at radius 2 is 1.51 bits per heavy atom. The van der Waals surface area contributed by atoms with Crippen LogP contribution in [0.1, 0.15) is 116 Å². The number of nitrogens with two attached hydrogens (primary N) is 1. The van der Waals surface area contributed by atoms with Gasteiger partial charge in [0.25, 0.3) is 5.56 Å². The van der Waals surface area contributed by atoms with Crippen molar-refractivity contribution in [1.82, 2.24) is 19.4 Å². The highest BCUT2D eigenvalue weighted by molar-refractivity contribution is 5.88. The number of aromatic amines is 1. The van der Waals surface area contributed by atoms with E-state index in [9.17, 15) is 64.2 Å². The van der Waals surface area contributed by atoms with Gasteiger partial charge >= 0.3 is 29.6 Å². The van der Waals surface area contributed by atoms with Gasteiger partial charge in [0.2, 0.25) is 5.91 Å². The van der Waals surface area contributed by atoms with Crippen LogP contribution in [-0.2, 0) is 47.7 Å². The molecule has 4 rings (SSSR count). The van der Waals surface area contributed by atoms with Crippen LogP contribution >= 0.6 is 0 Å². The molecule has 390 valence electrons. The van der Waals surface area contributed by atoms with Crippen molar-refractivity contribution in [2.45, 2.75) is 190 Å². The number of carbonyl (C=O) groups is 5. The first-order valence-electron chi connectivity index (χ1n) is 23.9. The molecule has 23 heteroatoms. The molecule has 4 heterocycles. The number of amides is 1. The molecule has 1 aromatic heterocycles. The van der Waals surface area contributed by atoms with E-state index in [-0.39, 0.29) is 25.8 Å². The normalized spacial score (nSPS) is 28.9. The van der Waals surface area contributed by atoms with Gasteiger partial charge in [-0.15, -0.1) is 0 Å². The van der Waals surface area contributed by atoms with Crippen LogP contribution < -0.4 is 17.0 Å². The summed E-state index contributed by atoms with van der Waals surface area (Å²) in [4.78, 5) is 94.2. The molecule has 3 aliphatic rings. The third-order valence-corrected chi connectivity index (χ3v) is 12.7. The number of aromatic nitrogens is 2. The molecule has 0 radical (unpaired) electrons. The van der Waals surface area contributed by atoms with Crippen molar-refractivity contribution >= 4 is 29.8 Å². The van der Waals surface area contributed by atoms with Crippen LogP contribution in [0.15, 0.2) is 34.0 Å². The lowest BCUT2D eigenvalue weighted by Crippen LogP contribution is -2.59. The third kappa shape index (κ3) is 16.2. The predicted molar refractivity (Wildman–Crippen MR) is 243 cm³/mol. The number of H-pyrrole nitrogens is 1. The van der Waals surface area contributed by atoms with E-state index in [2.05, 4.69) is 19.1 Å². The number of unbranched alkanes of at least 4 members (excludes halogenated alkanes) is 9. The molecule has 69 heavy (non-hydrogen) atoms. The van der Waals surface area contributed by atoms with Crippen molar-refractivity contribution in [2.24, 2.45) is 11.7 Å². The molecule has 1 aromatic rings. The molecule has 23 nitrogen and oxygen atoms in total. The smallest absolute Gasteiger partial charge is 0.330 e. The summed E-state index contributed by atoms with van der Waals surface area (Å²) in [5.74, 6) is -5.94. The Morgan fingerprint density at radius 3 is 2.12 bits per heavy atom. The van der Waals surface area contributed by atoms with Crippen LogP contribution in [0.5, 0.6) is 0 Å². The number of ether oxygens (including phenoxy) is 5. The fourth-order valence-corrected chi connectivity index (χ4v) is 9.00. The zero-order valence-corrected chi connectivity index (χ0v) is 39.9. The Labute approximate surface area is 400 Å². The Balaban J connectivity index is 1.54. The maximum Gasteiger partial charge on any atom is 0.330 e. The number of hydrogen-bond donors (Lipinski definition) is 8. The Morgan fingerprint density at radius 1 is 0.855 bits per heavy atom. The number of aliphatic carboxylic acids is 2. The van der Waals surface area contributed by atoms with E-state index in [1.54, 1.807) is 6.92 Å². The van der Waals surface area contributed by atoms with Gasteiger partial charge in [0, 0.05) is 45.2 Å². The van der Waals surface area contributed by atoms with Crippen molar-refractivity contribution < 1.29 is 78.3 Å². The van der Waals surface area contributed by atoms with E-state index >= 15 is 0 Å². The van der Waals surface area contributed by atoms with Gasteiger partial charge < -0.3 is 65.0 Å². The first-order chi connectivity index (χ1) is 32.8. The first kappa shape index (κ1) is 57.0. The Bertz CT molecular complexity index is 1980. The van der Waals surface area contributed by atoms with E-state index in [1.807, 2.05) is 4.98 Å². The van der Waals surface area contributed by atoms with Gasteiger partial charge in [0.1, 0.15) is 61.0 Å². The number of nitrogens with zero attached hydrogens (tertiary/aromatic N) is 3. The number of rotatable bonds is 28. The van der Waals surface area contributed by atoms with Gasteiger partial charge in [-0.3, -0.25) is 38.4 Å². The summed E-state index contributed by atoms with van der Waals surface area (Å²) in [5.41, 5.74) is 3.92. The molecule has 0 bridgehead atoms. The molecule has 9 N–H and O–H groups in total. The zero-order chi connectivity index (χ0) is 50.9. The molecule has 0 spiro atoms. The highest BCUT2D eigenvalue weighted by atomic mass is 16.7. The predicted octanol–water partition coefficient (Wildman–Crippen LogP) is 0.144. The maximum absolute atomic E-state index is 14.6. The number of esters is 2. The average Bonchev–Trinajstić information content (AvgIpc) is 3.68. The van der Waals surface area contributed by atoms with E-state index in [4.69, 9.17) is 29.4 Å². The fourth-order valence-electron chi connectivity index (χ4n) is 9.00. The van der Waals surface area contributed by atoms with Gasteiger partial charge in [0.05, 0.1) is 6.42 Å². The molecule has 0 aliphatic carbocycles. The van der Waals surface area contributed by atoms with E-state index < -0.39 is 139 Å². The lowest BCUT2D eigenvalue weighted by Gasteiger charge is -2.38. The number of allylic oxidation sites excluding steroid dienone is 2. The van der Waals surface area contributed by atoms with Crippen LogP contribution in [0.3, 0.4) is 0 Å². The van der Waals surface area contributed by atoms with Gasteiger partial charge in [-0.2, -0.15) is 0 Å². The summed E-state index contributed by atoms with van der Waals surface area (Å²) in [6.45, 7) is 2.99. The molecule has 3 aliphatic heterocycles. The molecular formula is C46H73N5O18. The highest BCUT2D eigenvalue weighted by Gasteiger charge is 2.57. The summed E-state index contributed by atoms with van der Waals surface area (Å²) >= 11 is 0. The summed E-state index contributed by atoms with van der Waals surface area (Å²) in [6.07, 6.45) is -2.18. The monoisotopic (exact) mass is 983 g/mol. The molecule has 1 amide bonds. The van der Waals surface area contributed by atoms with Crippen LogP contribution in [0.25, 0.3) is 0 Å². The van der Waals surface area contributed by atoms with Crippen molar-refractivity contribution in [3.63, 3.8) is 0 Å². The molecule has 3 saturated heterocycles. The second-order valence-electron chi connectivity index (χ2n) is 18.4. The first-order valence-corrected chi connectivity index (χ1v) is 23.9. The van der Waals surface area contributed by atoms with Crippen molar-refractivity contribution in [3.05, 3.63) is 45.3 Å². The zero-order valence-electron chi connectivity index (χ0n) is 39.9. The second kappa shape index (κ2) is 27.7.